The number of amides is 3. The third-order valence-electron chi connectivity index (χ3n) is 3.65. The first kappa shape index (κ1) is 20.6. The normalized spacial score (nSPS) is 14.5. The predicted octanol–water partition coefficient (Wildman–Crippen LogP) is 3.34. The van der Waals surface area contributed by atoms with Gasteiger partial charge in [0.05, 0.1) is 10.1 Å². The number of imide groups is 1. The minimum atomic E-state index is -0.654. The molecule has 0 spiro atoms. The van der Waals surface area contributed by atoms with Crippen LogP contribution in [-0.2, 0) is 9.53 Å². The van der Waals surface area contributed by atoms with Crippen LogP contribution in [0.15, 0.2) is 24.3 Å². The quantitative estimate of drug-likeness (QED) is 0.543. The number of unbranched alkanes of at least 4 members (excludes halogenated alkanes) is 1. The van der Waals surface area contributed by atoms with E-state index in [2.05, 4.69) is 10.6 Å². The summed E-state index contributed by atoms with van der Waals surface area (Å²) in [5.41, 5.74) is 1.57. The number of ether oxygens (including phenoxy) is 1. The maximum absolute atomic E-state index is 12.0. The second-order valence-electron chi connectivity index (χ2n) is 5.78. The number of nitrogens with one attached hydrogen (secondary N) is 2. The summed E-state index contributed by atoms with van der Waals surface area (Å²) in [6.07, 6.45) is 3.02. The van der Waals surface area contributed by atoms with Crippen molar-refractivity contribution in [3.05, 3.63) is 35.4 Å². The molecular formula is C18H24N2O4S2. The maximum atomic E-state index is 12.0. The highest BCUT2D eigenvalue weighted by atomic mass is 32.2. The Kier molecular flexibility index (Phi) is 8.84. The summed E-state index contributed by atoms with van der Waals surface area (Å²) >= 11 is 3.83. The summed E-state index contributed by atoms with van der Waals surface area (Å²) in [5, 5.41) is 4.68. The largest absolute Gasteiger partial charge is 0.452 e. The van der Waals surface area contributed by atoms with E-state index in [1.54, 1.807) is 12.1 Å². The van der Waals surface area contributed by atoms with Gasteiger partial charge < -0.3 is 10.1 Å². The number of urea groups is 1. The number of carbonyl (C=O) groups excluding carboxylic acids is 3. The van der Waals surface area contributed by atoms with E-state index >= 15 is 0 Å². The molecule has 1 aliphatic heterocycles. The topological polar surface area (TPSA) is 84.5 Å². The number of hydrogen-bond donors (Lipinski definition) is 2. The number of benzene rings is 1. The third-order valence-corrected chi connectivity index (χ3v) is 6.66. The zero-order valence-electron chi connectivity index (χ0n) is 14.8. The lowest BCUT2D eigenvalue weighted by molar-refractivity contribution is -0.123. The maximum Gasteiger partial charge on any atom is 0.338 e. The Morgan fingerprint density at radius 3 is 2.50 bits per heavy atom. The first-order chi connectivity index (χ1) is 12.6. The van der Waals surface area contributed by atoms with Gasteiger partial charge in [0.25, 0.3) is 5.91 Å². The first-order valence-electron chi connectivity index (χ1n) is 8.68. The van der Waals surface area contributed by atoms with Crippen molar-refractivity contribution in [1.82, 2.24) is 10.6 Å². The van der Waals surface area contributed by atoms with Crippen molar-refractivity contribution >= 4 is 41.4 Å². The van der Waals surface area contributed by atoms with Crippen molar-refractivity contribution in [2.75, 3.05) is 24.7 Å². The molecule has 0 aliphatic carbocycles. The third kappa shape index (κ3) is 6.92. The van der Waals surface area contributed by atoms with E-state index in [0.717, 1.165) is 24.3 Å². The molecule has 26 heavy (non-hydrogen) atoms. The Morgan fingerprint density at radius 1 is 1.15 bits per heavy atom. The zero-order chi connectivity index (χ0) is 18.8. The highest BCUT2D eigenvalue weighted by Crippen LogP contribution is 2.43. The highest BCUT2D eigenvalue weighted by molar-refractivity contribution is 8.16. The van der Waals surface area contributed by atoms with Gasteiger partial charge in [0.15, 0.2) is 6.61 Å². The van der Waals surface area contributed by atoms with E-state index in [-0.39, 0.29) is 0 Å². The van der Waals surface area contributed by atoms with E-state index in [1.807, 2.05) is 42.6 Å². The fourth-order valence-corrected chi connectivity index (χ4v) is 5.15. The summed E-state index contributed by atoms with van der Waals surface area (Å²) < 4.78 is 5.37. The van der Waals surface area contributed by atoms with Crippen LogP contribution in [0.2, 0.25) is 0 Å². The molecule has 0 unspecified atom stereocenters. The fourth-order valence-electron chi connectivity index (χ4n) is 2.26. The van der Waals surface area contributed by atoms with E-state index < -0.39 is 24.5 Å². The van der Waals surface area contributed by atoms with Crippen molar-refractivity contribution in [2.45, 2.75) is 30.8 Å². The molecule has 8 heteroatoms. The van der Waals surface area contributed by atoms with Crippen LogP contribution in [0, 0.1) is 0 Å². The molecule has 1 aromatic carbocycles. The molecule has 142 valence electrons. The monoisotopic (exact) mass is 396 g/mol. The molecule has 2 rings (SSSR count). The summed E-state index contributed by atoms with van der Waals surface area (Å²) in [4.78, 5) is 35.1. The standard InChI is InChI=1S/C18H24N2O4S2/c1-2-3-9-19-18(23)20-15(21)12-24-16(22)13-5-7-14(8-6-13)17-25-10-4-11-26-17/h5-8,17H,2-4,9-12H2,1H3,(H2,19,20,21,23). The molecule has 0 bridgehead atoms. The lowest BCUT2D eigenvalue weighted by atomic mass is 10.1. The van der Waals surface area contributed by atoms with Crippen molar-refractivity contribution in [2.24, 2.45) is 0 Å². The minimum Gasteiger partial charge on any atom is -0.452 e. The van der Waals surface area contributed by atoms with Crippen LogP contribution >= 0.6 is 23.5 Å². The van der Waals surface area contributed by atoms with E-state index in [0.29, 0.717) is 16.7 Å². The molecule has 0 aromatic heterocycles. The summed E-state index contributed by atoms with van der Waals surface area (Å²) in [5.74, 6) is 1.08. The predicted molar refractivity (Wildman–Crippen MR) is 105 cm³/mol. The Balaban J connectivity index is 1.74. The first-order valence-corrected chi connectivity index (χ1v) is 10.8. The lowest BCUT2D eigenvalue weighted by Gasteiger charge is -2.21. The van der Waals surface area contributed by atoms with Crippen LogP contribution in [0.5, 0.6) is 0 Å². The smallest absolute Gasteiger partial charge is 0.338 e. The molecule has 0 atom stereocenters. The van der Waals surface area contributed by atoms with Gasteiger partial charge in [-0.1, -0.05) is 25.5 Å². The van der Waals surface area contributed by atoms with Crippen LogP contribution in [0.1, 0.15) is 46.7 Å². The highest BCUT2D eigenvalue weighted by Gasteiger charge is 2.17. The van der Waals surface area contributed by atoms with Crippen molar-refractivity contribution < 1.29 is 19.1 Å². The Labute approximate surface area is 162 Å². The van der Waals surface area contributed by atoms with Crippen LogP contribution in [0.3, 0.4) is 0 Å². The molecular weight excluding hydrogens is 372 g/mol. The molecule has 2 N–H and O–H groups in total. The van der Waals surface area contributed by atoms with Gasteiger partial charge in [-0.15, -0.1) is 23.5 Å². The summed E-state index contributed by atoms with van der Waals surface area (Å²) in [6, 6.07) is 6.69. The molecule has 1 fully saturated rings. The molecule has 0 saturated carbocycles. The Hall–Kier alpha value is -1.67. The number of esters is 1. The van der Waals surface area contributed by atoms with Crippen LogP contribution < -0.4 is 10.6 Å². The average molecular weight is 397 g/mol. The average Bonchev–Trinajstić information content (AvgIpc) is 2.67. The van der Waals surface area contributed by atoms with E-state index in [1.165, 1.54) is 12.0 Å². The zero-order valence-corrected chi connectivity index (χ0v) is 16.4. The molecule has 3 amide bonds. The molecule has 0 radical (unpaired) electrons. The number of hydrogen-bond acceptors (Lipinski definition) is 6. The second kappa shape index (κ2) is 11.1. The number of carbonyl (C=O) groups is 3. The molecule has 1 aliphatic rings. The van der Waals surface area contributed by atoms with Gasteiger partial charge in [0, 0.05) is 6.54 Å². The lowest BCUT2D eigenvalue weighted by Crippen LogP contribution is -2.41. The number of thioether (sulfide) groups is 2. The van der Waals surface area contributed by atoms with Gasteiger partial charge in [-0.25, -0.2) is 9.59 Å². The van der Waals surface area contributed by atoms with Gasteiger partial charge in [-0.05, 0) is 42.0 Å². The van der Waals surface area contributed by atoms with Crippen molar-refractivity contribution in [1.29, 1.82) is 0 Å². The van der Waals surface area contributed by atoms with Crippen LogP contribution in [-0.4, -0.2) is 42.6 Å². The minimum absolute atomic E-state index is 0.389. The SMILES string of the molecule is CCCCNC(=O)NC(=O)COC(=O)c1ccc(C2SCCCS2)cc1. The summed E-state index contributed by atoms with van der Waals surface area (Å²) in [6.45, 7) is 2.01. The second-order valence-corrected chi connectivity index (χ2v) is 8.51. The Morgan fingerprint density at radius 2 is 1.85 bits per heavy atom. The van der Waals surface area contributed by atoms with Gasteiger partial charge in [0.1, 0.15) is 0 Å². The molecule has 1 saturated heterocycles. The van der Waals surface area contributed by atoms with Gasteiger partial charge >= 0.3 is 12.0 Å². The molecule has 1 aromatic rings. The van der Waals surface area contributed by atoms with Crippen LogP contribution in [0.25, 0.3) is 0 Å². The van der Waals surface area contributed by atoms with Crippen molar-refractivity contribution in [3.63, 3.8) is 0 Å². The fraction of sp³-hybridized carbons (Fsp3) is 0.500. The Bertz CT molecular complexity index is 616. The number of rotatable bonds is 7. The van der Waals surface area contributed by atoms with Gasteiger partial charge in [-0.3, -0.25) is 10.1 Å². The molecule has 1 heterocycles. The van der Waals surface area contributed by atoms with E-state index in [4.69, 9.17) is 4.74 Å². The van der Waals surface area contributed by atoms with Gasteiger partial charge in [0.2, 0.25) is 0 Å². The van der Waals surface area contributed by atoms with Gasteiger partial charge in [-0.2, -0.15) is 0 Å². The van der Waals surface area contributed by atoms with Crippen molar-refractivity contribution in [3.8, 4) is 0 Å². The molecule has 6 nitrogen and oxygen atoms in total. The van der Waals surface area contributed by atoms with E-state index in [9.17, 15) is 14.4 Å². The summed E-state index contributed by atoms with van der Waals surface area (Å²) in [7, 11) is 0. The van der Waals surface area contributed by atoms with Crippen LogP contribution in [0.4, 0.5) is 4.79 Å².